The van der Waals surface area contributed by atoms with Gasteiger partial charge in [0.1, 0.15) is 0 Å². The molecule has 0 unspecified atom stereocenters. The lowest BCUT2D eigenvalue weighted by molar-refractivity contribution is -0.118. The first kappa shape index (κ1) is 18.0. The number of hydrogen-bond donors (Lipinski definition) is 2. The van der Waals surface area contributed by atoms with E-state index in [4.69, 9.17) is 11.6 Å². The lowest BCUT2D eigenvalue weighted by Crippen LogP contribution is -2.21. The molecule has 124 valence electrons. The van der Waals surface area contributed by atoms with Gasteiger partial charge in [0.05, 0.1) is 17.7 Å². The number of hydrogen-bond acceptors (Lipinski definition) is 4. The summed E-state index contributed by atoms with van der Waals surface area (Å²) in [5.41, 5.74) is 3.85. The number of nitrogens with one attached hydrogen (secondary N) is 2. The van der Waals surface area contributed by atoms with Gasteiger partial charge >= 0.3 is 0 Å². The molecule has 0 aliphatic rings. The highest BCUT2D eigenvalue weighted by atomic mass is 35.5. The van der Waals surface area contributed by atoms with Crippen LogP contribution in [0.4, 0.5) is 5.69 Å². The van der Waals surface area contributed by atoms with Crippen molar-refractivity contribution in [3.63, 3.8) is 0 Å². The minimum absolute atomic E-state index is 0.141. The SMILES string of the molecule is O=C(CSCC(=O)Nc1ccccc1)N/N=C/c1ccccc1Cl. The van der Waals surface area contributed by atoms with Crippen molar-refractivity contribution in [2.24, 2.45) is 5.10 Å². The molecule has 2 aromatic rings. The topological polar surface area (TPSA) is 70.6 Å². The molecule has 24 heavy (non-hydrogen) atoms. The molecule has 0 aliphatic carbocycles. The highest BCUT2D eigenvalue weighted by Crippen LogP contribution is 2.12. The van der Waals surface area contributed by atoms with Crippen molar-refractivity contribution in [3.05, 3.63) is 65.2 Å². The van der Waals surface area contributed by atoms with Crippen molar-refractivity contribution < 1.29 is 9.59 Å². The number of benzene rings is 2. The third-order valence-corrected chi connectivity index (χ3v) is 4.10. The molecule has 0 spiro atoms. The van der Waals surface area contributed by atoms with Crippen LogP contribution in [0.2, 0.25) is 5.02 Å². The number of nitrogens with zero attached hydrogens (tertiary/aromatic N) is 1. The molecule has 2 N–H and O–H groups in total. The number of para-hydroxylation sites is 1. The van der Waals surface area contributed by atoms with Gasteiger partial charge in [0.25, 0.3) is 0 Å². The number of thioether (sulfide) groups is 1. The number of anilines is 1. The van der Waals surface area contributed by atoms with Crippen molar-refractivity contribution in [2.75, 3.05) is 16.8 Å². The van der Waals surface area contributed by atoms with Gasteiger partial charge in [-0.25, -0.2) is 5.43 Å². The van der Waals surface area contributed by atoms with Crippen LogP contribution >= 0.6 is 23.4 Å². The van der Waals surface area contributed by atoms with Gasteiger partial charge in [0.2, 0.25) is 11.8 Å². The van der Waals surface area contributed by atoms with E-state index < -0.39 is 0 Å². The van der Waals surface area contributed by atoms with Crippen LogP contribution in [0, 0.1) is 0 Å². The fourth-order valence-corrected chi connectivity index (χ4v) is 2.53. The average molecular weight is 362 g/mol. The molecule has 0 aromatic heterocycles. The first-order chi connectivity index (χ1) is 11.6. The van der Waals surface area contributed by atoms with Crippen LogP contribution in [0.5, 0.6) is 0 Å². The van der Waals surface area contributed by atoms with Crippen molar-refractivity contribution >= 4 is 47.1 Å². The minimum Gasteiger partial charge on any atom is -0.325 e. The summed E-state index contributed by atoms with van der Waals surface area (Å²) in [5.74, 6) is -0.104. The Balaban J connectivity index is 1.66. The van der Waals surface area contributed by atoms with E-state index in [0.29, 0.717) is 10.6 Å². The van der Waals surface area contributed by atoms with E-state index in [0.717, 1.165) is 5.69 Å². The highest BCUT2D eigenvalue weighted by molar-refractivity contribution is 8.00. The maximum absolute atomic E-state index is 11.7. The molecule has 0 fully saturated rings. The Hall–Kier alpha value is -2.31. The van der Waals surface area contributed by atoms with E-state index >= 15 is 0 Å². The van der Waals surface area contributed by atoms with Crippen LogP contribution in [0.3, 0.4) is 0 Å². The smallest absolute Gasteiger partial charge is 0.250 e. The van der Waals surface area contributed by atoms with Crippen molar-refractivity contribution in [1.29, 1.82) is 0 Å². The molecular formula is C17H16ClN3O2S. The van der Waals surface area contributed by atoms with E-state index in [2.05, 4.69) is 15.8 Å². The normalized spacial score (nSPS) is 10.5. The highest BCUT2D eigenvalue weighted by Gasteiger charge is 2.05. The molecule has 5 nitrogen and oxygen atoms in total. The lowest BCUT2D eigenvalue weighted by Gasteiger charge is -2.04. The van der Waals surface area contributed by atoms with E-state index in [1.165, 1.54) is 18.0 Å². The quantitative estimate of drug-likeness (QED) is 0.587. The van der Waals surface area contributed by atoms with Crippen LogP contribution in [-0.4, -0.2) is 29.5 Å². The Morgan fingerprint density at radius 3 is 2.42 bits per heavy atom. The molecule has 0 heterocycles. The van der Waals surface area contributed by atoms with Crippen LogP contribution in [0.15, 0.2) is 59.7 Å². The van der Waals surface area contributed by atoms with Gasteiger partial charge in [-0.2, -0.15) is 5.10 Å². The molecule has 7 heteroatoms. The maximum Gasteiger partial charge on any atom is 0.250 e. The zero-order valence-electron chi connectivity index (χ0n) is 12.7. The van der Waals surface area contributed by atoms with E-state index in [1.807, 2.05) is 30.3 Å². The summed E-state index contributed by atoms with van der Waals surface area (Å²) < 4.78 is 0. The van der Waals surface area contributed by atoms with Crippen molar-refractivity contribution in [2.45, 2.75) is 0 Å². The lowest BCUT2D eigenvalue weighted by atomic mass is 10.2. The number of carbonyl (C=O) groups is 2. The summed E-state index contributed by atoms with van der Waals surface area (Å²) in [5, 5.41) is 7.15. The van der Waals surface area contributed by atoms with Crippen LogP contribution in [0.1, 0.15) is 5.56 Å². The zero-order valence-corrected chi connectivity index (χ0v) is 14.3. The Kier molecular flexibility index (Phi) is 7.32. The summed E-state index contributed by atoms with van der Waals surface area (Å²) in [6.07, 6.45) is 1.48. The zero-order chi connectivity index (χ0) is 17.2. The molecule has 2 amide bonds. The Labute approximate surface area is 149 Å². The van der Waals surface area contributed by atoms with Crippen LogP contribution < -0.4 is 10.7 Å². The molecular weight excluding hydrogens is 346 g/mol. The molecule has 0 saturated heterocycles. The van der Waals surface area contributed by atoms with Gasteiger partial charge in [-0.15, -0.1) is 11.8 Å². The Morgan fingerprint density at radius 1 is 1.00 bits per heavy atom. The first-order valence-electron chi connectivity index (χ1n) is 7.14. The van der Waals surface area contributed by atoms with Crippen LogP contribution in [0.25, 0.3) is 0 Å². The number of hydrazone groups is 1. The number of carbonyl (C=O) groups excluding carboxylic acids is 2. The van der Waals surface area contributed by atoms with Gasteiger partial charge < -0.3 is 5.32 Å². The Morgan fingerprint density at radius 2 is 1.67 bits per heavy atom. The summed E-state index contributed by atoms with van der Waals surface area (Å²) in [6, 6.07) is 16.3. The van der Waals surface area contributed by atoms with Gasteiger partial charge in [0.15, 0.2) is 0 Å². The van der Waals surface area contributed by atoms with E-state index in [1.54, 1.807) is 24.3 Å². The standard InChI is InChI=1S/C17H16ClN3O2S/c18-15-9-5-4-6-13(15)10-19-21-17(23)12-24-11-16(22)20-14-7-2-1-3-8-14/h1-10H,11-12H2,(H,20,22)(H,21,23)/b19-10+. The van der Waals surface area contributed by atoms with Crippen molar-refractivity contribution in [1.82, 2.24) is 5.43 Å². The fourth-order valence-electron chi connectivity index (χ4n) is 1.74. The number of amides is 2. The van der Waals surface area contributed by atoms with E-state index in [9.17, 15) is 9.59 Å². The Bertz CT molecular complexity index is 723. The molecule has 0 atom stereocenters. The summed E-state index contributed by atoms with van der Waals surface area (Å²) in [4.78, 5) is 23.4. The monoisotopic (exact) mass is 361 g/mol. The predicted octanol–water partition coefficient (Wildman–Crippen LogP) is 3.16. The maximum atomic E-state index is 11.7. The van der Waals surface area contributed by atoms with Crippen LogP contribution in [-0.2, 0) is 9.59 Å². The second-order valence-corrected chi connectivity index (χ2v) is 6.11. The number of halogens is 1. The summed E-state index contributed by atoms with van der Waals surface area (Å²) >= 11 is 7.19. The second kappa shape index (κ2) is 9.75. The summed E-state index contributed by atoms with van der Waals surface area (Å²) in [6.45, 7) is 0. The fraction of sp³-hybridized carbons (Fsp3) is 0.118. The molecule has 0 saturated carbocycles. The van der Waals surface area contributed by atoms with Gasteiger partial charge in [0, 0.05) is 16.3 Å². The van der Waals surface area contributed by atoms with Gasteiger partial charge in [-0.3, -0.25) is 9.59 Å². The predicted molar refractivity (Wildman–Crippen MR) is 99.6 cm³/mol. The number of rotatable bonds is 7. The molecule has 0 aliphatic heterocycles. The molecule has 0 bridgehead atoms. The van der Waals surface area contributed by atoms with E-state index in [-0.39, 0.29) is 23.3 Å². The molecule has 2 rings (SSSR count). The van der Waals surface area contributed by atoms with Crippen molar-refractivity contribution in [3.8, 4) is 0 Å². The molecule has 2 aromatic carbocycles. The third-order valence-electron chi connectivity index (χ3n) is 2.82. The summed E-state index contributed by atoms with van der Waals surface area (Å²) in [7, 11) is 0. The third kappa shape index (κ3) is 6.44. The first-order valence-corrected chi connectivity index (χ1v) is 8.67. The second-order valence-electron chi connectivity index (χ2n) is 4.72. The molecule has 0 radical (unpaired) electrons. The minimum atomic E-state index is -0.282. The largest absolute Gasteiger partial charge is 0.325 e. The van der Waals surface area contributed by atoms with Gasteiger partial charge in [-0.05, 0) is 18.2 Å². The van der Waals surface area contributed by atoms with Gasteiger partial charge in [-0.1, -0.05) is 48.0 Å². The average Bonchev–Trinajstić information content (AvgIpc) is 2.57.